The van der Waals surface area contributed by atoms with Gasteiger partial charge in [0.25, 0.3) is 0 Å². The van der Waals surface area contributed by atoms with Crippen molar-refractivity contribution in [3.8, 4) is 0 Å². The van der Waals surface area contributed by atoms with Crippen LogP contribution < -0.4 is 5.32 Å². The Balaban J connectivity index is 2.87. The number of carbonyl (C=O) groups excluding carboxylic acids is 2. The molecule has 5 heteroatoms. The molecule has 0 radical (unpaired) electrons. The predicted molar refractivity (Wildman–Crippen MR) is 77.9 cm³/mol. The van der Waals surface area contributed by atoms with Crippen LogP contribution in [0.1, 0.15) is 19.4 Å². The van der Waals surface area contributed by atoms with E-state index in [1.807, 2.05) is 32.9 Å². The van der Waals surface area contributed by atoms with Gasteiger partial charge in [0.05, 0.1) is 7.11 Å². The smallest absolute Gasteiger partial charge is 0.318 e. The minimum atomic E-state index is -0.797. The molecule has 19 heavy (non-hydrogen) atoms. The highest BCUT2D eigenvalue weighted by molar-refractivity contribution is 9.10. The van der Waals surface area contributed by atoms with Crippen molar-refractivity contribution >= 4 is 33.5 Å². The number of esters is 1. The lowest BCUT2D eigenvalue weighted by molar-refractivity contribution is -0.150. The van der Waals surface area contributed by atoms with Gasteiger partial charge in [-0.1, -0.05) is 29.8 Å². The number of hydrogen-bond donors (Lipinski definition) is 1. The third-order valence-corrected chi connectivity index (χ3v) is 3.72. The number of hydrogen-bond acceptors (Lipinski definition) is 3. The van der Waals surface area contributed by atoms with E-state index in [9.17, 15) is 9.59 Å². The number of carbonyl (C=O) groups is 2. The monoisotopic (exact) mass is 327 g/mol. The van der Waals surface area contributed by atoms with E-state index >= 15 is 0 Å². The SMILES string of the molecule is COC(=O)C(C(=O)Nc1ccc(Br)c(C)c1)C(C)C. The standard InChI is InChI=1S/C14H18BrNO3/c1-8(2)12(14(18)19-4)13(17)16-10-5-6-11(15)9(3)7-10/h5-8,12H,1-4H3,(H,16,17). The van der Waals surface area contributed by atoms with Crippen LogP contribution in [0.4, 0.5) is 5.69 Å². The Hall–Kier alpha value is -1.36. The van der Waals surface area contributed by atoms with E-state index in [0.29, 0.717) is 5.69 Å². The van der Waals surface area contributed by atoms with Gasteiger partial charge in [-0.25, -0.2) is 0 Å². The van der Waals surface area contributed by atoms with E-state index in [2.05, 4.69) is 26.0 Å². The van der Waals surface area contributed by atoms with Crippen molar-refractivity contribution in [2.24, 2.45) is 11.8 Å². The molecule has 0 aliphatic rings. The molecule has 1 aromatic rings. The Labute approximate surface area is 121 Å². The van der Waals surface area contributed by atoms with Gasteiger partial charge < -0.3 is 10.1 Å². The summed E-state index contributed by atoms with van der Waals surface area (Å²) in [5.74, 6) is -1.78. The van der Waals surface area contributed by atoms with Gasteiger partial charge in [0, 0.05) is 10.2 Å². The number of rotatable bonds is 4. The summed E-state index contributed by atoms with van der Waals surface area (Å²) in [7, 11) is 1.29. The highest BCUT2D eigenvalue weighted by atomic mass is 79.9. The zero-order valence-corrected chi connectivity index (χ0v) is 13.1. The van der Waals surface area contributed by atoms with Crippen molar-refractivity contribution in [1.29, 1.82) is 0 Å². The fourth-order valence-corrected chi connectivity index (χ4v) is 2.00. The van der Waals surface area contributed by atoms with Crippen molar-refractivity contribution in [3.05, 3.63) is 28.2 Å². The molecule has 0 aliphatic carbocycles. The molecular weight excluding hydrogens is 310 g/mol. The molecule has 0 aromatic heterocycles. The van der Waals surface area contributed by atoms with Crippen LogP contribution >= 0.6 is 15.9 Å². The zero-order valence-electron chi connectivity index (χ0n) is 11.5. The molecule has 0 heterocycles. The van der Waals surface area contributed by atoms with E-state index in [1.54, 1.807) is 6.07 Å². The highest BCUT2D eigenvalue weighted by Crippen LogP contribution is 2.21. The third-order valence-electron chi connectivity index (χ3n) is 2.83. The second-order valence-corrected chi connectivity index (χ2v) is 5.55. The second-order valence-electron chi connectivity index (χ2n) is 4.70. The minimum Gasteiger partial charge on any atom is -0.468 e. The Morgan fingerprint density at radius 1 is 1.32 bits per heavy atom. The summed E-state index contributed by atoms with van der Waals surface area (Å²) in [4.78, 5) is 23.7. The average Bonchev–Trinajstić information content (AvgIpc) is 2.33. The lowest BCUT2D eigenvalue weighted by Crippen LogP contribution is -2.34. The molecule has 4 nitrogen and oxygen atoms in total. The van der Waals surface area contributed by atoms with E-state index in [1.165, 1.54) is 7.11 Å². The third kappa shape index (κ3) is 4.06. The lowest BCUT2D eigenvalue weighted by atomic mass is 9.95. The Bertz CT molecular complexity index is 486. The summed E-state index contributed by atoms with van der Waals surface area (Å²) < 4.78 is 5.64. The Morgan fingerprint density at radius 2 is 1.95 bits per heavy atom. The zero-order chi connectivity index (χ0) is 14.6. The van der Waals surface area contributed by atoms with E-state index in [4.69, 9.17) is 0 Å². The van der Waals surface area contributed by atoms with Crippen molar-refractivity contribution in [2.45, 2.75) is 20.8 Å². The number of nitrogens with one attached hydrogen (secondary N) is 1. The van der Waals surface area contributed by atoms with E-state index in [0.717, 1.165) is 10.0 Å². The van der Waals surface area contributed by atoms with Crippen LogP contribution in [-0.2, 0) is 14.3 Å². The van der Waals surface area contributed by atoms with Crippen LogP contribution in [0.25, 0.3) is 0 Å². The van der Waals surface area contributed by atoms with Crippen LogP contribution in [0.5, 0.6) is 0 Å². The molecular formula is C14H18BrNO3. The maximum atomic E-state index is 12.1. The van der Waals surface area contributed by atoms with E-state index < -0.39 is 11.9 Å². The summed E-state index contributed by atoms with van der Waals surface area (Å²) in [6.07, 6.45) is 0. The molecule has 1 atom stereocenters. The maximum absolute atomic E-state index is 12.1. The predicted octanol–water partition coefficient (Wildman–Crippen LogP) is 3.14. The number of methoxy groups -OCH3 is 1. The number of benzene rings is 1. The maximum Gasteiger partial charge on any atom is 0.318 e. The minimum absolute atomic E-state index is 0.121. The fraction of sp³-hybridized carbons (Fsp3) is 0.429. The van der Waals surface area contributed by atoms with Gasteiger partial charge in [-0.2, -0.15) is 0 Å². The first-order valence-electron chi connectivity index (χ1n) is 6.01. The van der Waals surface area contributed by atoms with Crippen LogP contribution in [0.3, 0.4) is 0 Å². The van der Waals surface area contributed by atoms with Crippen LogP contribution in [0, 0.1) is 18.8 Å². The molecule has 1 rings (SSSR count). The molecule has 0 fully saturated rings. The van der Waals surface area contributed by atoms with Gasteiger partial charge >= 0.3 is 5.97 Å². The topological polar surface area (TPSA) is 55.4 Å². The van der Waals surface area contributed by atoms with Gasteiger partial charge in [0.2, 0.25) is 5.91 Å². The van der Waals surface area contributed by atoms with E-state index in [-0.39, 0.29) is 11.8 Å². The molecule has 1 unspecified atom stereocenters. The molecule has 1 amide bonds. The largest absolute Gasteiger partial charge is 0.468 e. The number of halogens is 1. The summed E-state index contributed by atoms with van der Waals surface area (Å²) in [6.45, 7) is 5.56. The van der Waals surface area contributed by atoms with Crippen LogP contribution in [0.2, 0.25) is 0 Å². The van der Waals surface area contributed by atoms with Gasteiger partial charge in [0.15, 0.2) is 0 Å². The summed E-state index contributed by atoms with van der Waals surface area (Å²) in [5.41, 5.74) is 1.68. The highest BCUT2D eigenvalue weighted by Gasteiger charge is 2.30. The van der Waals surface area contributed by atoms with Crippen molar-refractivity contribution in [2.75, 3.05) is 12.4 Å². The summed E-state index contributed by atoms with van der Waals surface area (Å²) in [6, 6.07) is 5.48. The van der Waals surface area contributed by atoms with Crippen molar-refractivity contribution < 1.29 is 14.3 Å². The molecule has 0 aliphatic heterocycles. The van der Waals surface area contributed by atoms with Gasteiger partial charge in [-0.15, -0.1) is 0 Å². The number of ether oxygens (including phenoxy) is 1. The molecule has 0 saturated heterocycles. The van der Waals surface area contributed by atoms with Crippen molar-refractivity contribution in [3.63, 3.8) is 0 Å². The first kappa shape index (κ1) is 15.7. The molecule has 0 bridgehead atoms. The van der Waals surface area contributed by atoms with Gasteiger partial charge in [0.1, 0.15) is 5.92 Å². The first-order valence-corrected chi connectivity index (χ1v) is 6.81. The fourth-order valence-electron chi connectivity index (χ4n) is 1.75. The molecule has 1 aromatic carbocycles. The van der Waals surface area contributed by atoms with Gasteiger partial charge in [-0.05, 0) is 36.6 Å². The number of anilines is 1. The van der Waals surface area contributed by atoms with Crippen LogP contribution in [0.15, 0.2) is 22.7 Å². The Morgan fingerprint density at radius 3 is 2.42 bits per heavy atom. The molecule has 0 saturated carbocycles. The molecule has 0 spiro atoms. The van der Waals surface area contributed by atoms with Crippen LogP contribution in [-0.4, -0.2) is 19.0 Å². The normalized spacial score (nSPS) is 12.1. The number of aryl methyl sites for hydroxylation is 1. The molecule has 104 valence electrons. The average molecular weight is 328 g/mol. The first-order chi connectivity index (χ1) is 8.86. The number of amides is 1. The lowest BCUT2D eigenvalue weighted by Gasteiger charge is -2.18. The summed E-state index contributed by atoms with van der Waals surface area (Å²) >= 11 is 3.40. The quantitative estimate of drug-likeness (QED) is 0.682. The Kier molecular flexibility index (Phi) is 5.54. The van der Waals surface area contributed by atoms with Crippen molar-refractivity contribution in [1.82, 2.24) is 0 Å². The summed E-state index contributed by atoms with van der Waals surface area (Å²) in [5, 5.41) is 2.75. The second kappa shape index (κ2) is 6.70. The van der Waals surface area contributed by atoms with Gasteiger partial charge in [-0.3, -0.25) is 9.59 Å². The molecule has 1 N–H and O–H groups in total.